The Labute approximate surface area is 145 Å². The lowest BCUT2D eigenvalue weighted by atomic mass is 9.89. The molecule has 1 aliphatic rings. The van der Waals surface area contributed by atoms with Crippen molar-refractivity contribution in [2.24, 2.45) is 0 Å². The smallest absolute Gasteiger partial charge is 0.118 e. The number of rotatable bonds is 5. The highest BCUT2D eigenvalue weighted by Crippen LogP contribution is 2.31. The fourth-order valence-electron chi connectivity index (χ4n) is 3.06. The Morgan fingerprint density at radius 3 is 2.42 bits per heavy atom. The van der Waals surface area contributed by atoms with E-state index in [9.17, 15) is 0 Å². The normalized spacial score (nSPS) is 15.4. The molecule has 122 valence electrons. The van der Waals surface area contributed by atoms with Gasteiger partial charge in [0, 0.05) is 0 Å². The monoisotopic (exact) mass is 316 g/mol. The molecule has 0 aliphatic heterocycles. The van der Waals surface area contributed by atoms with Crippen LogP contribution in [0.1, 0.15) is 36.8 Å². The third-order valence-corrected chi connectivity index (χ3v) is 4.39. The van der Waals surface area contributed by atoms with Crippen LogP contribution in [0.5, 0.6) is 5.75 Å². The van der Waals surface area contributed by atoms with Gasteiger partial charge in [0.1, 0.15) is 5.75 Å². The summed E-state index contributed by atoms with van der Waals surface area (Å²) in [6.07, 6.45) is 13.9. The largest absolute Gasteiger partial charge is 0.497 e. The molecule has 0 unspecified atom stereocenters. The van der Waals surface area contributed by atoms with Crippen molar-refractivity contribution in [2.75, 3.05) is 7.11 Å². The minimum atomic E-state index is 0.889. The fourth-order valence-corrected chi connectivity index (χ4v) is 3.06. The molecule has 0 heterocycles. The molecule has 0 atom stereocenters. The molecule has 1 heteroatoms. The van der Waals surface area contributed by atoms with Crippen LogP contribution >= 0.6 is 0 Å². The highest BCUT2D eigenvalue weighted by molar-refractivity contribution is 5.80. The molecule has 2 aromatic rings. The number of allylic oxidation sites excluding steroid dienone is 5. The standard InChI is InChI=1S/C23H24O/c1-24-22-17-15-19(16-18-22)9-8-14-23(20-10-4-2-5-11-20)21-12-6-3-7-13-21/h2,4-5,8-12,14-18H,3,6-7,13H2,1H3/b9-8+,23-14-. The summed E-state index contributed by atoms with van der Waals surface area (Å²) in [5.41, 5.74) is 5.30. The summed E-state index contributed by atoms with van der Waals surface area (Å²) in [5, 5.41) is 0. The SMILES string of the molecule is COc1ccc(/C=C/C=C(\C2=CCCCC2)c2ccccc2)cc1. The first-order chi connectivity index (χ1) is 11.9. The first-order valence-corrected chi connectivity index (χ1v) is 8.64. The Morgan fingerprint density at radius 2 is 1.75 bits per heavy atom. The number of ether oxygens (including phenoxy) is 1. The van der Waals surface area contributed by atoms with Crippen LogP contribution in [0.2, 0.25) is 0 Å². The predicted molar refractivity (Wildman–Crippen MR) is 103 cm³/mol. The molecule has 0 saturated carbocycles. The van der Waals surface area contributed by atoms with Crippen molar-refractivity contribution in [3.05, 3.63) is 89.5 Å². The summed E-state index contributed by atoms with van der Waals surface area (Å²) in [4.78, 5) is 0. The molecule has 1 aliphatic carbocycles. The molecule has 0 bridgehead atoms. The van der Waals surface area contributed by atoms with Crippen molar-refractivity contribution in [1.29, 1.82) is 0 Å². The molecule has 2 aromatic carbocycles. The summed E-state index contributed by atoms with van der Waals surface area (Å²) in [5.74, 6) is 0.889. The number of hydrogen-bond donors (Lipinski definition) is 0. The van der Waals surface area contributed by atoms with Crippen molar-refractivity contribution >= 4 is 11.6 Å². The highest BCUT2D eigenvalue weighted by Gasteiger charge is 2.10. The Hall–Kier alpha value is -2.54. The van der Waals surface area contributed by atoms with Gasteiger partial charge < -0.3 is 4.74 Å². The van der Waals surface area contributed by atoms with Crippen LogP contribution in [0.15, 0.2) is 78.4 Å². The van der Waals surface area contributed by atoms with Crippen LogP contribution in [-0.2, 0) is 0 Å². The average Bonchev–Trinajstić information content (AvgIpc) is 2.67. The zero-order chi connectivity index (χ0) is 16.6. The Bertz CT molecular complexity index is 733. The van der Waals surface area contributed by atoms with Gasteiger partial charge in [-0.05, 0) is 60.1 Å². The summed E-state index contributed by atoms with van der Waals surface area (Å²) in [6.45, 7) is 0. The molecule has 24 heavy (non-hydrogen) atoms. The quantitative estimate of drug-likeness (QED) is 0.589. The topological polar surface area (TPSA) is 9.23 Å². The van der Waals surface area contributed by atoms with E-state index in [-0.39, 0.29) is 0 Å². The van der Waals surface area contributed by atoms with E-state index >= 15 is 0 Å². The van der Waals surface area contributed by atoms with Crippen LogP contribution in [0, 0.1) is 0 Å². The van der Waals surface area contributed by atoms with Gasteiger partial charge in [-0.3, -0.25) is 0 Å². The van der Waals surface area contributed by atoms with Gasteiger partial charge in [0.15, 0.2) is 0 Å². The van der Waals surface area contributed by atoms with E-state index in [1.165, 1.54) is 48.0 Å². The van der Waals surface area contributed by atoms with Gasteiger partial charge in [0.05, 0.1) is 7.11 Å². The average molecular weight is 316 g/mol. The summed E-state index contributed by atoms with van der Waals surface area (Å²) in [6, 6.07) is 18.8. The molecule has 3 rings (SSSR count). The minimum Gasteiger partial charge on any atom is -0.497 e. The third kappa shape index (κ3) is 4.26. The van der Waals surface area contributed by atoms with Crippen LogP contribution < -0.4 is 4.74 Å². The minimum absolute atomic E-state index is 0.889. The summed E-state index contributed by atoms with van der Waals surface area (Å²) < 4.78 is 5.21. The van der Waals surface area contributed by atoms with Crippen LogP contribution in [0.3, 0.4) is 0 Å². The van der Waals surface area contributed by atoms with Crippen LogP contribution in [-0.4, -0.2) is 7.11 Å². The van der Waals surface area contributed by atoms with E-state index in [1.54, 1.807) is 7.11 Å². The third-order valence-electron chi connectivity index (χ3n) is 4.39. The van der Waals surface area contributed by atoms with Gasteiger partial charge >= 0.3 is 0 Å². The van der Waals surface area contributed by atoms with E-state index in [2.05, 4.69) is 66.8 Å². The van der Waals surface area contributed by atoms with Gasteiger partial charge in [0.25, 0.3) is 0 Å². The molecule has 0 radical (unpaired) electrons. The first kappa shape index (κ1) is 16.3. The molecule has 0 spiro atoms. The molecule has 1 nitrogen and oxygen atoms in total. The predicted octanol–water partition coefficient (Wildman–Crippen LogP) is 6.29. The van der Waals surface area contributed by atoms with E-state index in [4.69, 9.17) is 4.74 Å². The Kier molecular flexibility index (Phi) is 5.68. The number of methoxy groups -OCH3 is 1. The van der Waals surface area contributed by atoms with E-state index in [0.717, 1.165) is 5.75 Å². The lowest BCUT2D eigenvalue weighted by molar-refractivity contribution is 0.415. The Morgan fingerprint density at radius 1 is 0.958 bits per heavy atom. The zero-order valence-electron chi connectivity index (χ0n) is 14.2. The molecule has 0 amide bonds. The van der Waals surface area contributed by atoms with Gasteiger partial charge in [-0.25, -0.2) is 0 Å². The maximum Gasteiger partial charge on any atom is 0.118 e. The maximum atomic E-state index is 5.21. The van der Waals surface area contributed by atoms with Crippen molar-refractivity contribution < 1.29 is 4.74 Å². The van der Waals surface area contributed by atoms with Crippen molar-refractivity contribution in [3.8, 4) is 5.75 Å². The van der Waals surface area contributed by atoms with Gasteiger partial charge in [-0.15, -0.1) is 0 Å². The lowest BCUT2D eigenvalue weighted by Gasteiger charge is -2.16. The second-order valence-electron chi connectivity index (χ2n) is 6.05. The van der Waals surface area contributed by atoms with Gasteiger partial charge in [-0.1, -0.05) is 66.8 Å². The Balaban J connectivity index is 1.85. The second-order valence-corrected chi connectivity index (χ2v) is 6.05. The molecule has 0 aromatic heterocycles. The molecule has 0 N–H and O–H groups in total. The molecule has 0 fully saturated rings. The van der Waals surface area contributed by atoms with E-state index < -0.39 is 0 Å². The number of benzene rings is 2. The fraction of sp³-hybridized carbons (Fsp3) is 0.217. The van der Waals surface area contributed by atoms with Gasteiger partial charge in [-0.2, -0.15) is 0 Å². The van der Waals surface area contributed by atoms with Crippen LogP contribution in [0.25, 0.3) is 11.6 Å². The van der Waals surface area contributed by atoms with E-state index in [0.29, 0.717) is 0 Å². The second kappa shape index (κ2) is 8.35. The molecule has 0 saturated heterocycles. The van der Waals surface area contributed by atoms with Crippen molar-refractivity contribution in [2.45, 2.75) is 25.7 Å². The van der Waals surface area contributed by atoms with Crippen molar-refractivity contribution in [3.63, 3.8) is 0 Å². The molecular weight excluding hydrogens is 292 g/mol. The first-order valence-electron chi connectivity index (χ1n) is 8.64. The van der Waals surface area contributed by atoms with Crippen molar-refractivity contribution in [1.82, 2.24) is 0 Å². The van der Waals surface area contributed by atoms with E-state index in [1.807, 2.05) is 12.1 Å². The summed E-state index contributed by atoms with van der Waals surface area (Å²) in [7, 11) is 1.69. The zero-order valence-corrected chi connectivity index (χ0v) is 14.2. The number of hydrogen-bond acceptors (Lipinski definition) is 1. The van der Waals surface area contributed by atoms with Crippen LogP contribution in [0.4, 0.5) is 0 Å². The molecular formula is C23H24O. The van der Waals surface area contributed by atoms with Gasteiger partial charge in [0.2, 0.25) is 0 Å². The maximum absolute atomic E-state index is 5.21. The summed E-state index contributed by atoms with van der Waals surface area (Å²) >= 11 is 0. The highest BCUT2D eigenvalue weighted by atomic mass is 16.5. The lowest BCUT2D eigenvalue weighted by Crippen LogP contribution is -1.95.